The number of rotatable bonds is 10. The minimum absolute atomic E-state index is 0.0512. The van der Waals surface area contributed by atoms with Gasteiger partial charge in [-0.25, -0.2) is 4.98 Å². The molecule has 36 heavy (non-hydrogen) atoms. The molecule has 0 fully saturated rings. The van der Waals surface area contributed by atoms with Gasteiger partial charge in [0.1, 0.15) is 0 Å². The van der Waals surface area contributed by atoms with E-state index in [9.17, 15) is 9.59 Å². The molecule has 0 aliphatic heterocycles. The maximum Gasteiger partial charge on any atom is 0.251 e. The van der Waals surface area contributed by atoms with Crippen molar-refractivity contribution in [2.24, 2.45) is 0 Å². The van der Waals surface area contributed by atoms with Crippen LogP contribution in [0, 0.1) is 13.8 Å². The van der Waals surface area contributed by atoms with Crippen LogP contribution >= 0.6 is 22.9 Å². The molecule has 1 unspecified atom stereocenters. The summed E-state index contributed by atoms with van der Waals surface area (Å²) in [5.41, 5.74) is 1.78. The van der Waals surface area contributed by atoms with Crippen molar-refractivity contribution < 1.29 is 14.1 Å². The summed E-state index contributed by atoms with van der Waals surface area (Å²) in [6, 6.07) is 4.53. The molecule has 2 aromatic heterocycles. The summed E-state index contributed by atoms with van der Waals surface area (Å²) >= 11 is 7.75. The van der Waals surface area contributed by atoms with E-state index >= 15 is 0 Å². The molecule has 0 bridgehead atoms. The van der Waals surface area contributed by atoms with Gasteiger partial charge in [0.25, 0.3) is 5.91 Å². The lowest BCUT2D eigenvalue weighted by atomic mass is 9.94. The van der Waals surface area contributed by atoms with Crippen molar-refractivity contribution in [3.05, 3.63) is 45.2 Å². The van der Waals surface area contributed by atoms with Crippen molar-refractivity contribution in [2.75, 3.05) is 18.9 Å². The number of hydrogen-bond donors (Lipinski definition) is 3. The first kappa shape index (κ1) is 27.8. The van der Waals surface area contributed by atoms with E-state index < -0.39 is 0 Å². The number of benzene rings is 1. The Kier molecular flexibility index (Phi) is 9.21. The highest BCUT2D eigenvalue weighted by atomic mass is 35.5. The predicted octanol–water partition coefficient (Wildman–Crippen LogP) is 4.89. The number of thiazole rings is 1. The number of nitrogens with zero attached hydrogens (tertiary/aromatic N) is 3. The minimum Gasteiger partial charge on any atom is -0.349 e. The second-order valence-corrected chi connectivity index (χ2v) is 11.2. The van der Waals surface area contributed by atoms with Gasteiger partial charge >= 0.3 is 0 Å². The SMILES string of the molecule is CNCCCC(CC(=O)Nc1nc(C)c(C(C)(C)C)s1)NC(=O)c1cc(Cl)cc(-c2noc(C)n2)c1. The molecule has 3 N–H and O–H groups in total. The van der Waals surface area contributed by atoms with Crippen molar-refractivity contribution in [2.45, 2.75) is 65.3 Å². The fourth-order valence-corrected chi connectivity index (χ4v) is 5.10. The molecule has 2 amide bonds. The molecule has 0 aliphatic carbocycles. The molecule has 0 spiro atoms. The normalized spacial score (nSPS) is 12.4. The molecule has 0 radical (unpaired) electrons. The van der Waals surface area contributed by atoms with Crippen LogP contribution in [0.25, 0.3) is 11.4 Å². The molecule has 11 heteroatoms. The fraction of sp³-hybridized carbons (Fsp3) is 0.480. The first-order chi connectivity index (χ1) is 17.0. The highest BCUT2D eigenvalue weighted by Crippen LogP contribution is 2.33. The fourth-order valence-electron chi connectivity index (χ4n) is 3.83. The summed E-state index contributed by atoms with van der Waals surface area (Å²) in [5.74, 6) is 0.230. The van der Waals surface area contributed by atoms with Crippen molar-refractivity contribution in [1.82, 2.24) is 25.8 Å². The standard InChI is InChI=1S/C25H33ClN6O3S/c1-14-21(25(3,4)5)36-24(28-14)31-20(33)13-19(8-7-9-27-6)30-23(34)17-10-16(11-18(26)12-17)22-29-15(2)35-32-22/h10-12,19,27H,7-9,13H2,1-6H3,(H,30,34)(H,28,31,33). The smallest absolute Gasteiger partial charge is 0.251 e. The van der Waals surface area contributed by atoms with Crippen molar-refractivity contribution >= 4 is 39.9 Å². The van der Waals surface area contributed by atoms with Crippen LogP contribution < -0.4 is 16.0 Å². The number of anilines is 1. The molecule has 3 aromatic rings. The van der Waals surface area contributed by atoms with E-state index in [1.807, 2.05) is 14.0 Å². The predicted molar refractivity (Wildman–Crippen MR) is 143 cm³/mol. The number of aromatic nitrogens is 3. The molecule has 1 aromatic carbocycles. The first-order valence-electron chi connectivity index (χ1n) is 11.8. The Morgan fingerprint density at radius 1 is 1.17 bits per heavy atom. The van der Waals surface area contributed by atoms with Gasteiger partial charge in [0.2, 0.25) is 17.6 Å². The van der Waals surface area contributed by atoms with Gasteiger partial charge in [0.15, 0.2) is 5.13 Å². The van der Waals surface area contributed by atoms with Gasteiger partial charge in [0.05, 0.1) is 5.69 Å². The van der Waals surface area contributed by atoms with Gasteiger partial charge < -0.3 is 20.5 Å². The van der Waals surface area contributed by atoms with Crippen LogP contribution in [-0.2, 0) is 10.2 Å². The molecule has 0 aliphatic rings. The topological polar surface area (TPSA) is 122 Å². The van der Waals surface area contributed by atoms with Gasteiger partial charge in [-0.05, 0) is 57.0 Å². The Balaban J connectivity index is 1.72. The quantitative estimate of drug-likeness (QED) is 0.318. The third kappa shape index (κ3) is 7.59. The first-order valence-corrected chi connectivity index (χ1v) is 13.0. The van der Waals surface area contributed by atoms with Crippen LogP contribution in [-0.4, -0.2) is 46.6 Å². The molecular formula is C25H33ClN6O3S. The number of amides is 2. The van der Waals surface area contributed by atoms with Crippen LogP contribution in [0.15, 0.2) is 22.7 Å². The maximum atomic E-state index is 13.1. The van der Waals surface area contributed by atoms with E-state index in [0.29, 0.717) is 39.4 Å². The Labute approximate surface area is 220 Å². The van der Waals surface area contributed by atoms with E-state index in [-0.39, 0.29) is 29.7 Å². The van der Waals surface area contributed by atoms with E-state index in [1.165, 1.54) is 11.3 Å². The van der Waals surface area contributed by atoms with E-state index in [0.717, 1.165) is 23.5 Å². The van der Waals surface area contributed by atoms with Crippen molar-refractivity contribution in [3.8, 4) is 11.4 Å². The van der Waals surface area contributed by atoms with Gasteiger partial charge in [0, 0.05) is 40.4 Å². The lowest BCUT2D eigenvalue weighted by molar-refractivity contribution is -0.116. The lowest BCUT2D eigenvalue weighted by Gasteiger charge is -2.19. The highest BCUT2D eigenvalue weighted by molar-refractivity contribution is 7.16. The van der Waals surface area contributed by atoms with Crippen LogP contribution in [0.4, 0.5) is 5.13 Å². The zero-order chi connectivity index (χ0) is 26.5. The maximum absolute atomic E-state index is 13.1. The Morgan fingerprint density at radius 3 is 2.53 bits per heavy atom. The van der Waals surface area contributed by atoms with Gasteiger partial charge in [-0.2, -0.15) is 4.98 Å². The Hall–Kier alpha value is -2.82. The number of nitrogens with one attached hydrogen (secondary N) is 3. The van der Waals surface area contributed by atoms with Gasteiger partial charge in [-0.1, -0.05) is 37.5 Å². The van der Waals surface area contributed by atoms with Crippen LogP contribution in [0.1, 0.15) is 66.9 Å². The molecule has 194 valence electrons. The minimum atomic E-state index is -0.371. The summed E-state index contributed by atoms with van der Waals surface area (Å²) in [6.45, 7) is 10.8. The summed E-state index contributed by atoms with van der Waals surface area (Å²) in [7, 11) is 1.87. The number of hydrogen-bond acceptors (Lipinski definition) is 8. The van der Waals surface area contributed by atoms with Gasteiger partial charge in [-0.3, -0.25) is 9.59 Å². The molecule has 9 nitrogen and oxygen atoms in total. The summed E-state index contributed by atoms with van der Waals surface area (Å²) in [6.07, 6.45) is 1.54. The van der Waals surface area contributed by atoms with E-state index in [1.54, 1.807) is 25.1 Å². The third-order valence-electron chi connectivity index (χ3n) is 5.42. The summed E-state index contributed by atoms with van der Waals surface area (Å²) in [5, 5.41) is 13.8. The summed E-state index contributed by atoms with van der Waals surface area (Å²) in [4.78, 5) is 35.9. The van der Waals surface area contributed by atoms with Crippen LogP contribution in [0.5, 0.6) is 0 Å². The summed E-state index contributed by atoms with van der Waals surface area (Å²) < 4.78 is 5.04. The monoisotopic (exact) mass is 532 g/mol. The van der Waals surface area contributed by atoms with Crippen LogP contribution in [0.3, 0.4) is 0 Å². The molecular weight excluding hydrogens is 500 g/mol. The largest absolute Gasteiger partial charge is 0.349 e. The molecule has 0 saturated carbocycles. The lowest BCUT2D eigenvalue weighted by Crippen LogP contribution is -2.38. The molecule has 0 saturated heterocycles. The number of aryl methyl sites for hydroxylation is 2. The van der Waals surface area contributed by atoms with Gasteiger partial charge in [-0.15, -0.1) is 11.3 Å². The van der Waals surface area contributed by atoms with Crippen molar-refractivity contribution in [3.63, 3.8) is 0 Å². The second-order valence-electron chi connectivity index (χ2n) is 9.72. The number of carbonyl (C=O) groups excluding carboxylic acids is 2. The number of carbonyl (C=O) groups is 2. The van der Waals surface area contributed by atoms with Crippen molar-refractivity contribution in [1.29, 1.82) is 0 Å². The zero-order valence-electron chi connectivity index (χ0n) is 21.5. The Bertz CT molecular complexity index is 1220. The third-order valence-corrected chi connectivity index (χ3v) is 7.13. The molecule has 3 rings (SSSR count). The zero-order valence-corrected chi connectivity index (χ0v) is 23.1. The van der Waals surface area contributed by atoms with Crippen LogP contribution in [0.2, 0.25) is 5.02 Å². The van der Waals surface area contributed by atoms with E-state index in [2.05, 4.69) is 51.8 Å². The second kappa shape index (κ2) is 11.9. The van der Waals surface area contributed by atoms with E-state index in [4.69, 9.17) is 16.1 Å². The number of halogens is 1. The average molecular weight is 533 g/mol. The molecule has 1 atom stereocenters. The highest BCUT2D eigenvalue weighted by Gasteiger charge is 2.23. The Morgan fingerprint density at radius 2 is 1.92 bits per heavy atom. The average Bonchev–Trinajstić information content (AvgIpc) is 3.38. The molecule has 2 heterocycles.